The summed E-state index contributed by atoms with van der Waals surface area (Å²) in [6.07, 6.45) is 0. The van der Waals surface area contributed by atoms with Gasteiger partial charge in [-0.2, -0.15) is 0 Å². The lowest BCUT2D eigenvalue weighted by atomic mass is 10.1. The highest BCUT2D eigenvalue weighted by Crippen LogP contribution is 2.23. The van der Waals surface area contributed by atoms with E-state index in [4.69, 9.17) is 17.3 Å². The van der Waals surface area contributed by atoms with E-state index in [-0.39, 0.29) is 22.0 Å². The lowest BCUT2D eigenvalue weighted by Crippen LogP contribution is -2.27. The third-order valence-corrected chi connectivity index (χ3v) is 6.07. The van der Waals surface area contributed by atoms with Gasteiger partial charge in [0.05, 0.1) is 15.5 Å². The highest BCUT2D eigenvalue weighted by molar-refractivity contribution is 7.89. The Morgan fingerprint density at radius 3 is 2.33 bits per heavy atom. The summed E-state index contributed by atoms with van der Waals surface area (Å²) in [4.78, 5) is 25.4. The molecule has 0 fully saturated rings. The molecule has 0 aliphatic rings. The van der Waals surface area contributed by atoms with Gasteiger partial charge in [-0.3, -0.25) is 9.59 Å². The first-order chi connectivity index (χ1) is 12.5. The van der Waals surface area contributed by atoms with Crippen molar-refractivity contribution in [1.29, 1.82) is 0 Å². The Kier molecular flexibility index (Phi) is 6.25. The predicted octanol–water partition coefficient (Wildman–Crippen LogP) is 1.96. The first-order valence-corrected chi connectivity index (χ1v) is 9.72. The molecule has 2 amide bonds. The van der Waals surface area contributed by atoms with Crippen LogP contribution in [0.4, 0.5) is 0 Å². The second kappa shape index (κ2) is 8.08. The highest BCUT2D eigenvalue weighted by Gasteiger charge is 2.22. The van der Waals surface area contributed by atoms with Crippen molar-refractivity contribution in [2.75, 3.05) is 21.1 Å². The number of hydrogen-bond donors (Lipinski definition) is 1. The number of primary amides is 1. The van der Waals surface area contributed by atoms with Crippen LogP contribution < -0.4 is 5.73 Å². The predicted molar refractivity (Wildman–Crippen MR) is 103 cm³/mol. The van der Waals surface area contributed by atoms with E-state index in [0.29, 0.717) is 11.1 Å². The zero-order chi connectivity index (χ0) is 20.4. The lowest BCUT2D eigenvalue weighted by molar-refractivity contribution is 0.0785. The van der Waals surface area contributed by atoms with Gasteiger partial charge in [-0.25, -0.2) is 12.7 Å². The number of hydrogen-bond acceptors (Lipinski definition) is 4. The van der Waals surface area contributed by atoms with Crippen LogP contribution in [0.5, 0.6) is 0 Å². The maximum atomic E-state index is 12.8. The van der Waals surface area contributed by atoms with Gasteiger partial charge in [0, 0.05) is 33.3 Å². The molecule has 144 valence electrons. The zero-order valence-corrected chi connectivity index (χ0v) is 16.7. The number of benzene rings is 2. The number of carbonyl (C=O) groups excluding carboxylic acids is 2. The van der Waals surface area contributed by atoms with Crippen LogP contribution in [0.3, 0.4) is 0 Å². The number of sulfonamides is 1. The number of nitrogens with zero attached hydrogens (tertiary/aromatic N) is 2. The summed E-state index contributed by atoms with van der Waals surface area (Å²) in [6, 6.07) is 10.6. The molecule has 7 nitrogen and oxygen atoms in total. The number of amides is 2. The molecular formula is C18H20ClN3O4S. The summed E-state index contributed by atoms with van der Waals surface area (Å²) in [5, 5.41) is 0.149. The highest BCUT2D eigenvalue weighted by atomic mass is 35.5. The van der Waals surface area contributed by atoms with E-state index in [1.54, 1.807) is 31.3 Å². The van der Waals surface area contributed by atoms with E-state index in [0.717, 1.165) is 4.31 Å². The Morgan fingerprint density at radius 1 is 1.07 bits per heavy atom. The minimum Gasteiger partial charge on any atom is -0.366 e. The summed E-state index contributed by atoms with van der Waals surface area (Å²) in [5.74, 6) is -1.00. The molecular weight excluding hydrogens is 390 g/mol. The van der Waals surface area contributed by atoms with Crippen molar-refractivity contribution >= 4 is 33.4 Å². The maximum absolute atomic E-state index is 12.8. The fraction of sp³-hybridized carbons (Fsp3) is 0.222. The molecule has 27 heavy (non-hydrogen) atoms. The van der Waals surface area contributed by atoms with Gasteiger partial charge in [-0.05, 0) is 35.9 Å². The van der Waals surface area contributed by atoms with Crippen molar-refractivity contribution in [3.8, 4) is 0 Å². The van der Waals surface area contributed by atoms with Crippen LogP contribution in [0.25, 0.3) is 0 Å². The number of halogens is 1. The summed E-state index contributed by atoms with van der Waals surface area (Å²) in [5.41, 5.74) is 6.39. The van der Waals surface area contributed by atoms with Crippen LogP contribution in [0.1, 0.15) is 26.3 Å². The Hall–Kier alpha value is -2.42. The van der Waals surface area contributed by atoms with Crippen LogP contribution in [0.2, 0.25) is 5.02 Å². The molecule has 0 saturated heterocycles. The van der Waals surface area contributed by atoms with E-state index < -0.39 is 21.8 Å². The van der Waals surface area contributed by atoms with Crippen molar-refractivity contribution in [1.82, 2.24) is 9.21 Å². The van der Waals surface area contributed by atoms with Crippen LogP contribution in [0.15, 0.2) is 47.4 Å². The smallest absolute Gasteiger partial charge is 0.255 e. The quantitative estimate of drug-likeness (QED) is 0.787. The van der Waals surface area contributed by atoms with E-state index in [1.807, 2.05) is 0 Å². The van der Waals surface area contributed by atoms with Gasteiger partial charge in [0.25, 0.3) is 5.91 Å². The van der Waals surface area contributed by atoms with Gasteiger partial charge in [0.2, 0.25) is 15.9 Å². The molecule has 2 aromatic rings. The van der Waals surface area contributed by atoms with Gasteiger partial charge in [-0.15, -0.1) is 0 Å². The van der Waals surface area contributed by atoms with Gasteiger partial charge in [-0.1, -0.05) is 23.7 Å². The molecule has 0 atom stereocenters. The van der Waals surface area contributed by atoms with Crippen LogP contribution in [0, 0.1) is 0 Å². The topological polar surface area (TPSA) is 101 Å². The normalized spacial score (nSPS) is 11.4. The van der Waals surface area contributed by atoms with E-state index >= 15 is 0 Å². The van der Waals surface area contributed by atoms with Gasteiger partial charge in [0.1, 0.15) is 0 Å². The maximum Gasteiger partial charge on any atom is 0.255 e. The molecule has 2 N–H and O–H groups in total. The van der Waals surface area contributed by atoms with Gasteiger partial charge >= 0.3 is 0 Å². The summed E-state index contributed by atoms with van der Waals surface area (Å²) in [6.45, 7) is 0.195. The van der Waals surface area contributed by atoms with Crippen molar-refractivity contribution in [3.05, 3.63) is 64.2 Å². The van der Waals surface area contributed by atoms with E-state index in [1.165, 1.54) is 37.2 Å². The summed E-state index contributed by atoms with van der Waals surface area (Å²) < 4.78 is 25.6. The zero-order valence-electron chi connectivity index (χ0n) is 15.1. The lowest BCUT2D eigenvalue weighted by Gasteiger charge is -2.19. The minimum atomic E-state index is -3.70. The Balaban J connectivity index is 2.31. The number of carbonyl (C=O) groups is 2. The van der Waals surface area contributed by atoms with Crippen molar-refractivity contribution in [2.45, 2.75) is 11.4 Å². The second-order valence-electron chi connectivity index (χ2n) is 6.15. The fourth-order valence-corrected chi connectivity index (χ4v) is 3.54. The second-order valence-corrected chi connectivity index (χ2v) is 8.71. The fourth-order valence-electron chi connectivity index (χ4n) is 2.41. The number of nitrogens with two attached hydrogens (primary N) is 1. The van der Waals surface area contributed by atoms with E-state index in [9.17, 15) is 18.0 Å². The molecule has 2 aromatic carbocycles. The molecule has 0 radical (unpaired) electrons. The largest absolute Gasteiger partial charge is 0.366 e. The molecule has 0 saturated carbocycles. The first-order valence-electron chi connectivity index (χ1n) is 7.90. The van der Waals surface area contributed by atoms with Crippen molar-refractivity contribution in [3.63, 3.8) is 0 Å². The molecule has 0 aliphatic carbocycles. The standard InChI is InChI=1S/C18H20ClN3O4S/c1-21(2)27(25,26)14-7-8-16(19)15(10-14)18(24)22(3)11-12-5-4-6-13(9-12)17(20)23/h4-10H,11H2,1-3H3,(H2,20,23). The third-order valence-electron chi connectivity index (χ3n) is 3.92. The molecule has 2 rings (SSSR count). The molecule has 0 aliphatic heterocycles. The monoisotopic (exact) mass is 409 g/mol. The van der Waals surface area contributed by atoms with Crippen LogP contribution in [-0.4, -0.2) is 50.6 Å². The molecule has 9 heteroatoms. The summed E-state index contributed by atoms with van der Waals surface area (Å²) >= 11 is 6.12. The molecule has 0 spiro atoms. The Labute approximate surface area is 163 Å². The average Bonchev–Trinajstić information content (AvgIpc) is 2.61. The van der Waals surface area contributed by atoms with Crippen molar-refractivity contribution < 1.29 is 18.0 Å². The van der Waals surface area contributed by atoms with Gasteiger partial charge < -0.3 is 10.6 Å². The Morgan fingerprint density at radius 2 is 1.74 bits per heavy atom. The first kappa shape index (κ1) is 20.9. The van der Waals surface area contributed by atoms with E-state index in [2.05, 4.69) is 0 Å². The molecule has 0 aromatic heterocycles. The van der Waals surface area contributed by atoms with Crippen molar-refractivity contribution in [2.24, 2.45) is 5.73 Å². The average molecular weight is 410 g/mol. The molecule has 0 bridgehead atoms. The van der Waals surface area contributed by atoms with Gasteiger partial charge in [0.15, 0.2) is 0 Å². The molecule has 0 unspecified atom stereocenters. The van der Waals surface area contributed by atoms with Crippen LogP contribution in [-0.2, 0) is 16.6 Å². The third kappa shape index (κ3) is 4.65. The summed E-state index contributed by atoms with van der Waals surface area (Å²) in [7, 11) is 0.673. The SMILES string of the molecule is CN(Cc1cccc(C(N)=O)c1)C(=O)c1cc(S(=O)(=O)N(C)C)ccc1Cl. The molecule has 0 heterocycles. The number of rotatable bonds is 6. The minimum absolute atomic E-state index is 0.0237. The van der Waals surface area contributed by atoms with Crippen LogP contribution >= 0.6 is 11.6 Å². The Bertz CT molecular complexity index is 990.